The van der Waals surface area contributed by atoms with Gasteiger partial charge in [0.2, 0.25) is 23.6 Å². The summed E-state index contributed by atoms with van der Waals surface area (Å²) in [5, 5.41) is 8.11. The first-order valence-electron chi connectivity index (χ1n) is 12.0. The molecule has 8 nitrogen and oxygen atoms in total. The van der Waals surface area contributed by atoms with Crippen molar-refractivity contribution in [3.8, 4) is 17.2 Å². The SMILES string of the molecule is COc1cccc(N2CC(C(=O)N3CCCC(c4nnc(-c5ccc(C(F)(F)F)cc5)o4)C3)CC2=O)c1. The zero-order valence-corrected chi connectivity index (χ0v) is 20.1. The zero-order chi connectivity index (χ0) is 26.2. The highest BCUT2D eigenvalue weighted by Crippen LogP contribution is 2.34. The van der Waals surface area contributed by atoms with Crippen molar-refractivity contribution in [3.05, 3.63) is 60.0 Å². The van der Waals surface area contributed by atoms with Crippen LogP contribution in [0, 0.1) is 5.92 Å². The molecule has 2 aliphatic heterocycles. The van der Waals surface area contributed by atoms with Gasteiger partial charge in [0.1, 0.15) is 5.75 Å². The number of piperidine rings is 1. The predicted octanol–water partition coefficient (Wildman–Crippen LogP) is 4.52. The van der Waals surface area contributed by atoms with Gasteiger partial charge in [0, 0.05) is 43.4 Å². The van der Waals surface area contributed by atoms with E-state index in [-0.39, 0.29) is 30.0 Å². The van der Waals surface area contributed by atoms with Crippen molar-refractivity contribution in [3.63, 3.8) is 0 Å². The van der Waals surface area contributed by atoms with Gasteiger partial charge in [0.25, 0.3) is 0 Å². The van der Waals surface area contributed by atoms with E-state index in [4.69, 9.17) is 9.15 Å². The van der Waals surface area contributed by atoms with Gasteiger partial charge >= 0.3 is 6.18 Å². The first kappa shape index (κ1) is 24.8. The van der Waals surface area contributed by atoms with Crippen molar-refractivity contribution in [1.29, 1.82) is 0 Å². The zero-order valence-electron chi connectivity index (χ0n) is 20.1. The summed E-state index contributed by atoms with van der Waals surface area (Å²) >= 11 is 0. The van der Waals surface area contributed by atoms with Crippen LogP contribution in [-0.2, 0) is 15.8 Å². The molecule has 2 aromatic carbocycles. The van der Waals surface area contributed by atoms with Crippen LogP contribution in [0.5, 0.6) is 5.75 Å². The molecule has 2 amide bonds. The molecular formula is C26H25F3N4O4. The average Bonchev–Trinajstić information content (AvgIpc) is 3.55. The van der Waals surface area contributed by atoms with Gasteiger partial charge in [-0.2, -0.15) is 13.2 Å². The highest BCUT2D eigenvalue weighted by molar-refractivity contribution is 6.00. The van der Waals surface area contributed by atoms with E-state index in [0.29, 0.717) is 42.5 Å². The molecule has 0 saturated carbocycles. The molecule has 3 aromatic rings. The Bertz CT molecular complexity index is 1290. The Morgan fingerprint density at radius 2 is 1.89 bits per heavy atom. The smallest absolute Gasteiger partial charge is 0.416 e. The molecule has 0 spiro atoms. The van der Waals surface area contributed by atoms with Crippen LogP contribution < -0.4 is 9.64 Å². The fourth-order valence-corrected chi connectivity index (χ4v) is 4.86. The quantitative estimate of drug-likeness (QED) is 0.498. The number of halogens is 3. The lowest BCUT2D eigenvalue weighted by Crippen LogP contribution is -2.43. The van der Waals surface area contributed by atoms with Gasteiger partial charge < -0.3 is 19.0 Å². The first-order chi connectivity index (χ1) is 17.7. The van der Waals surface area contributed by atoms with Gasteiger partial charge in [-0.25, -0.2) is 0 Å². The summed E-state index contributed by atoms with van der Waals surface area (Å²) in [6, 6.07) is 11.7. The molecule has 37 heavy (non-hydrogen) atoms. The maximum absolute atomic E-state index is 13.3. The highest BCUT2D eigenvalue weighted by Gasteiger charge is 2.39. The molecule has 2 fully saturated rings. The Morgan fingerprint density at radius 3 is 2.62 bits per heavy atom. The van der Waals surface area contributed by atoms with Crippen molar-refractivity contribution >= 4 is 17.5 Å². The van der Waals surface area contributed by atoms with Gasteiger partial charge in [-0.05, 0) is 49.2 Å². The molecule has 0 N–H and O–H groups in total. The highest BCUT2D eigenvalue weighted by atomic mass is 19.4. The second-order valence-electron chi connectivity index (χ2n) is 9.25. The van der Waals surface area contributed by atoms with Crippen molar-refractivity contribution < 1.29 is 31.9 Å². The lowest BCUT2D eigenvalue weighted by molar-refractivity contribution is -0.138. The normalized spacial score (nSPS) is 20.4. The summed E-state index contributed by atoms with van der Waals surface area (Å²) in [5.41, 5.74) is 0.322. The maximum atomic E-state index is 13.3. The number of rotatable bonds is 5. The monoisotopic (exact) mass is 514 g/mol. The number of likely N-dealkylation sites (tertiary alicyclic amines) is 1. The predicted molar refractivity (Wildman–Crippen MR) is 127 cm³/mol. The van der Waals surface area contributed by atoms with Crippen LogP contribution in [-0.4, -0.2) is 53.7 Å². The summed E-state index contributed by atoms with van der Waals surface area (Å²) in [6.45, 7) is 1.24. The number of ether oxygens (including phenoxy) is 1. The molecule has 194 valence electrons. The van der Waals surface area contributed by atoms with Crippen LogP contribution in [0.2, 0.25) is 0 Å². The molecule has 2 aliphatic rings. The molecule has 2 atom stereocenters. The third-order valence-corrected chi connectivity index (χ3v) is 6.82. The molecule has 5 rings (SSSR count). The molecular weight excluding hydrogens is 489 g/mol. The number of anilines is 1. The van der Waals surface area contributed by atoms with Crippen LogP contribution in [0.1, 0.15) is 36.6 Å². The fraction of sp³-hybridized carbons (Fsp3) is 0.385. The molecule has 2 unspecified atom stereocenters. The number of methoxy groups -OCH3 is 1. The van der Waals surface area contributed by atoms with Gasteiger partial charge in [0.05, 0.1) is 24.5 Å². The number of aromatic nitrogens is 2. The van der Waals surface area contributed by atoms with Crippen LogP contribution in [0.3, 0.4) is 0 Å². The molecule has 0 radical (unpaired) electrons. The molecule has 11 heteroatoms. The van der Waals surface area contributed by atoms with Gasteiger partial charge in [-0.15, -0.1) is 10.2 Å². The summed E-state index contributed by atoms with van der Waals surface area (Å²) < 4.78 is 49.5. The van der Waals surface area contributed by atoms with Crippen LogP contribution in [0.4, 0.5) is 18.9 Å². The average molecular weight is 515 g/mol. The van der Waals surface area contributed by atoms with Crippen LogP contribution >= 0.6 is 0 Å². The van der Waals surface area contributed by atoms with E-state index >= 15 is 0 Å². The number of nitrogens with zero attached hydrogens (tertiary/aromatic N) is 4. The van der Waals surface area contributed by atoms with Crippen molar-refractivity contribution in [2.24, 2.45) is 5.92 Å². The van der Waals surface area contributed by atoms with E-state index in [0.717, 1.165) is 25.0 Å². The molecule has 1 aromatic heterocycles. The Hall–Kier alpha value is -3.89. The third kappa shape index (κ3) is 5.16. The van der Waals surface area contributed by atoms with Crippen molar-refractivity contribution in [2.75, 3.05) is 31.6 Å². The summed E-state index contributed by atoms with van der Waals surface area (Å²) in [5.74, 6) is 0.247. The van der Waals surface area contributed by atoms with Gasteiger partial charge in [-0.3, -0.25) is 9.59 Å². The number of alkyl halides is 3. The number of hydrogen-bond acceptors (Lipinski definition) is 6. The van der Waals surface area contributed by atoms with Gasteiger partial charge in [-0.1, -0.05) is 6.07 Å². The lowest BCUT2D eigenvalue weighted by atomic mass is 9.96. The van der Waals surface area contributed by atoms with Crippen molar-refractivity contribution in [1.82, 2.24) is 15.1 Å². The molecule has 3 heterocycles. The maximum Gasteiger partial charge on any atom is 0.416 e. The number of amides is 2. The Morgan fingerprint density at radius 1 is 1.11 bits per heavy atom. The second-order valence-corrected chi connectivity index (χ2v) is 9.25. The minimum absolute atomic E-state index is 0.0917. The van der Waals surface area contributed by atoms with E-state index in [9.17, 15) is 22.8 Å². The lowest BCUT2D eigenvalue weighted by Gasteiger charge is -2.32. The number of benzene rings is 2. The first-order valence-corrected chi connectivity index (χ1v) is 12.0. The second kappa shape index (κ2) is 9.87. The number of carbonyl (C=O) groups is 2. The molecule has 0 bridgehead atoms. The summed E-state index contributed by atoms with van der Waals surface area (Å²) in [6.07, 6.45) is -2.83. The largest absolute Gasteiger partial charge is 0.497 e. The van der Waals surface area contributed by atoms with Crippen LogP contribution in [0.15, 0.2) is 52.9 Å². The van der Waals surface area contributed by atoms with E-state index < -0.39 is 17.7 Å². The Balaban J connectivity index is 1.24. The molecule has 0 aliphatic carbocycles. The minimum Gasteiger partial charge on any atom is -0.497 e. The summed E-state index contributed by atoms with van der Waals surface area (Å²) in [7, 11) is 1.56. The van der Waals surface area contributed by atoms with E-state index in [1.807, 2.05) is 6.07 Å². The summed E-state index contributed by atoms with van der Waals surface area (Å²) in [4.78, 5) is 29.4. The fourth-order valence-electron chi connectivity index (χ4n) is 4.86. The Kier molecular flexibility index (Phi) is 6.61. The number of hydrogen-bond donors (Lipinski definition) is 0. The van der Waals surface area contributed by atoms with Crippen LogP contribution in [0.25, 0.3) is 11.5 Å². The third-order valence-electron chi connectivity index (χ3n) is 6.82. The topological polar surface area (TPSA) is 88.8 Å². The molecule has 2 saturated heterocycles. The van der Waals surface area contributed by atoms with E-state index in [1.54, 1.807) is 35.1 Å². The van der Waals surface area contributed by atoms with Gasteiger partial charge in [0.15, 0.2) is 0 Å². The standard InChI is InChI=1S/C26H25F3N4O4/c1-36-21-6-2-5-20(13-21)33-15-18(12-22(33)34)25(35)32-11-3-4-17(14-32)24-31-30-23(37-24)16-7-9-19(10-8-16)26(27,28)29/h2,5-10,13,17-18H,3-4,11-12,14-15H2,1H3. The Labute approximate surface area is 211 Å². The van der Waals surface area contributed by atoms with E-state index in [2.05, 4.69) is 10.2 Å². The van der Waals surface area contributed by atoms with Crippen molar-refractivity contribution in [2.45, 2.75) is 31.4 Å². The minimum atomic E-state index is -4.43. The van der Waals surface area contributed by atoms with E-state index in [1.165, 1.54) is 12.1 Å². The number of carbonyl (C=O) groups excluding carboxylic acids is 2.